The minimum Gasteiger partial charge on any atom is -0.340 e. The van der Waals surface area contributed by atoms with Gasteiger partial charge in [0, 0.05) is 31.7 Å². The van der Waals surface area contributed by atoms with E-state index in [9.17, 15) is 9.59 Å². The van der Waals surface area contributed by atoms with Gasteiger partial charge in [0.2, 0.25) is 11.8 Å². The number of hydrogen-bond donors (Lipinski definition) is 0. The Bertz CT molecular complexity index is 822. The van der Waals surface area contributed by atoms with Crippen molar-refractivity contribution in [1.29, 1.82) is 0 Å². The molecule has 3 aliphatic rings. The SMILES string of the molecule is Cc1nnnn1CCC(=O)N1C[C@@H]2CC[C@H](C1)N(Cc1ccccn1)C2=O. The van der Waals surface area contributed by atoms with E-state index in [0.717, 1.165) is 18.5 Å². The number of rotatable bonds is 5. The predicted molar refractivity (Wildman–Crippen MR) is 95.1 cm³/mol. The number of hydrogen-bond acceptors (Lipinski definition) is 6. The molecule has 0 N–H and O–H groups in total. The molecule has 5 heterocycles. The molecule has 2 atom stereocenters. The largest absolute Gasteiger partial charge is 0.340 e. The number of aromatic nitrogens is 5. The summed E-state index contributed by atoms with van der Waals surface area (Å²) in [5, 5.41) is 11.3. The van der Waals surface area contributed by atoms with Gasteiger partial charge in [-0.15, -0.1) is 5.10 Å². The predicted octanol–water partition coefficient (Wildman–Crippen LogP) is 0.416. The smallest absolute Gasteiger partial charge is 0.228 e. The van der Waals surface area contributed by atoms with E-state index in [1.807, 2.05) is 34.9 Å². The van der Waals surface area contributed by atoms with Crippen LogP contribution in [-0.4, -0.2) is 65.9 Å². The van der Waals surface area contributed by atoms with E-state index in [0.29, 0.717) is 38.4 Å². The lowest BCUT2D eigenvalue weighted by atomic mass is 9.94. The number of amides is 2. The van der Waals surface area contributed by atoms with E-state index in [-0.39, 0.29) is 23.8 Å². The van der Waals surface area contributed by atoms with Crippen LogP contribution in [0.1, 0.15) is 30.8 Å². The van der Waals surface area contributed by atoms with Gasteiger partial charge in [0.1, 0.15) is 5.82 Å². The molecule has 3 fully saturated rings. The lowest BCUT2D eigenvalue weighted by Crippen LogP contribution is -2.47. The second-order valence-electron chi connectivity index (χ2n) is 7.21. The molecule has 9 heteroatoms. The fraction of sp³-hybridized carbons (Fsp3) is 0.556. The quantitative estimate of drug-likeness (QED) is 0.758. The normalized spacial score (nSPS) is 22.2. The van der Waals surface area contributed by atoms with Crippen molar-refractivity contribution in [1.82, 2.24) is 35.0 Å². The number of aryl methyl sites for hydroxylation is 2. The maximum atomic E-state index is 12.9. The van der Waals surface area contributed by atoms with Crippen LogP contribution >= 0.6 is 0 Å². The summed E-state index contributed by atoms with van der Waals surface area (Å²) in [7, 11) is 0. The molecular weight excluding hydrogens is 346 g/mol. The van der Waals surface area contributed by atoms with Gasteiger partial charge in [0.25, 0.3) is 0 Å². The summed E-state index contributed by atoms with van der Waals surface area (Å²) in [6, 6.07) is 5.78. The summed E-state index contributed by atoms with van der Waals surface area (Å²) >= 11 is 0. The van der Waals surface area contributed by atoms with E-state index < -0.39 is 0 Å². The number of nitrogens with zero attached hydrogens (tertiary/aromatic N) is 7. The van der Waals surface area contributed by atoms with Gasteiger partial charge in [-0.2, -0.15) is 0 Å². The van der Waals surface area contributed by atoms with E-state index in [1.54, 1.807) is 10.9 Å². The van der Waals surface area contributed by atoms with Crippen LogP contribution in [0, 0.1) is 12.8 Å². The summed E-state index contributed by atoms with van der Waals surface area (Å²) in [6.45, 7) is 3.86. The Balaban J connectivity index is 1.43. The third kappa shape index (κ3) is 3.67. The first-order valence-corrected chi connectivity index (χ1v) is 9.33. The van der Waals surface area contributed by atoms with Gasteiger partial charge in [0.15, 0.2) is 0 Å². The molecule has 2 aromatic rings. The molecular formula is C18H23N7O2. The van der Waals surface area contributed by atoms with Gasteiger partial charge in [-0.3, -0.25) is 14.6 Å². The summed E-state index contributed by atoms with van der Waals surface area (Å²) in [6.07, 6.45) is 3.85. The van der Waals surface area contributed by atoms with E-state index in [2.05, 4.69) is 20.5 Å². The maximum absolute atomic E-state index is 12.9. The highest BCUT2D eigenvalue weighted by Gasteiger charge is 2.41. The Morgan fingerprint density at radius 2 is 2.15 bits per heavy atom. The van der Waals surface area contributed by atoms with Crippen LogP contribution in [0.25, 0.3) is 0 Å². The van der Waals surface area contributed by atoms with Crippen LogP contribution in [0.15, 0.2) is 24.4 Å². The van der Waals surface area contributed by atoms with Gasteiger partial charge >= 0.3 is 0 Å². The first-order valence-electron chi connectivity index (χ1n) is 9.33. The Morgan fingerprint density at radius 3 is 2.89 bits per heavy atom. The Morgan fingerprint density at radius 1 is 1.26 bits per heavy atom. The summed E-state index contributed by atoms with van der Waals surface area (Å²) in [4.78, 5) is 33.8. The van der Waals surface area contributed by atoms with Crippen LogP contribution in [0.2, 0.25) is 0 Å². The molecule has 0 unspecified atom stereocenters. The van der Waals surface area contributed by atoms with Gasteiger partial charge in [-0.25, -0.2) is 4.68 Å². The number of pyridine rings is 1. The van der Waals surface area contributed by atoms with Crippen LogP contribution in [0.4, 0.5) is 0 Å². The Labute approximate surface area is 157 Å². The lowest BCUT2D eigenvalue weighted by molar-refractivity contribution is -0.140. The number of carbonyl (C=O) groups excluding carboxylic acids is 2. The monoisotopic (exact) mass is 369 g/mol. The highest BCUT2D eigenvalue weighted by atomic mass is 16.2. The number of carbonyl (C=O) groups is 2. The maximum Gasteiger partial charge on any atom is 0.228 e. The molecule has 5 rings (SSSR count). The van der Waals surface area contributed by atoms with Gasteiger partial charge in [0.05, 0.1) is 24.7 Å². The van der Waals surface area contributed by atoms with Gasteiger partial charge in [-0.05, 0) is 42.3 Å². The Hall–Kier alpha value is -2.84. The van der Waals surface area contributed by atoms with Gasteiger partial charge in [-0.1, -0.05) is 6.07 Å². The minimum atomic E-state index is -0.119. The van der Waals surface area contributed by atoms with Crippen LogP contribution in [-0.2, 0) is 22.7 Å². The van der Waals surface area contributed by atoms with Crippen molar-refractivity contribution in [3.05, 3.63) is 35.9 Å². The third-order valence-corrected chi connectivity index (χ3v) is 5.45. The molecule has 2 amide bonds. The van der Waals surface area contributed by atoms with Crippen LogP contribution in [0.3, 0.4) is 0 Å². The fourth-order valence-corrected chi connectivity index (χ4v) is 3.93. The Kier molecular flexibility index (Phi) is 4.83. The third-order valence-electron chi connectivity index (χ3n) is 5.45. The first kappa shape index (κ1) is 17.6. The standard InChI is InChI=1S/C18H23N7O2/c1-13-20-21-22-25(13)9-7-17(26)23-10-14-5-6-16(12-23)24(18(14)27)11-15-4-2-3-8-19-15/h2-4,8,14,16H,5-7,9-12H2,1H3/t14-,16+/m0/s1. The molecule has 0 aliphatic carbocycles. The van der Waals surface area contributed by atoms with E-state index in [4.69, 9.17) is 0 Å². The zero-order valence-electron chi connectivity index (χ0n) is 15.4. The van der Waals surface area contributed by atoms with Crippen molar-refractivity contribution in [2.75, 3.05) is 13.1 Å². The second-order valence-corrected chi connectivity index (χ2v) is 7.21. The van der Waals surface area contributed by atoms with Crippen molar-refractivity contribution < 1.29 is 9.59 Å². The summed E-state index contributed by atoms with van der Waals surface area (Å²) in [5.74, 6) is 0.763. The molecule has 9 nitrogen and oxygen atoms in total. The van der Waals surface area contributed by atoms with E-state index >= 15 is 0 Å². The highest BCUT2D eigenvalue weighted by molar-refractivity contribution is 5.83. The molecule has 3 aliphatic heterocycles. The zero-order valence-corrected chi connectivity index (χ0v) is 15.4. The number of piperidine rings is 1. The van der Waals surface area contributed by atoms with Crippen molar-refractivity contribution >= 4 is 11.8 Å². The topological polar surface area (TPSA) is 97.1 Å². The second kappa shape index (κ2) is 7.42. The molecule has 142 valence electrons. The number of fused-ring (bicyclic) bond motifs is 4. The van der Waals surface area contributed by atoms with Crippen molar-refractivity contribution in [2.45, 2.75) is 45.3 Å². The molecule has 2 bridgehead atoms. The molecule has 2 aromatic heterocycles. The van der Waals surface area contributed by atoms with Crippen molar-refractivity contribution in [3.63, 3.8) is 0 Å². The molecule has 0 radical (unpaired) electrons. The average molecular weight is 369 g/mol. The lowest BCUT2D eigenvalue weighted by Gasteiger charge is -2.35. The molecule has 0 aromatic carbocycles. The van der Waals surface area contributed by atoms with E-state index in [1.165, 1.54) is 0 Å². The fourth-order valence-electron chi connectivity index (χ4n) is 3.93. The van der Waals surface area contributed by atoms with Crippen LogP contribution < -0.4 is 0 Å². The molecule has 0 spiro atoms. The highest BCUT2D eigenvalue weighted by Crippen LogP contribution is 2.30. The zero-order chi connectivity index (χ0) is 18.8. The van der Waals surface area contributed by atoms with Gasteiger partial charge < -0.3 is 9.80 Å². The van der Waals surface area contributed by atoms with Crippen molar-refractivity contribution in [2.24, 2.45) is 5.92 Å². The van der Waals surface area contributed by atoms with Crippen LogP contribution in [0.5, 0.6) is 0 Å². The summed E-state index contributed by atoms with van der Waals surface area (Å²) < 4.78 is 1.63. The average Bonchev–Trinajstić information content (AvgIpc) is 2.90. The molecule has 0 saturated carbocycles. The van der Waals surface area contributed by atoms with Crippen molar-refractivity contribution in [3.8, 4) is 0 Å². The minimum absolute atomic E-state index is 0.0503. The number of tetrazole rings is 1. The molecule has 27 heavy (non-hydrogen) atoms. The molecule has 3 saturated heterocycles. The summed E-state index contributed by atoms with van der Waals surface area (Å²) in [5.41, 5.74) is 0.880. The first-order chi connectivity index (χ1) is 13.1.